The van der Waals surface area contributed by atoms with Gasteiger partial charge in [0.05, 0.1) is 12.8 Å². The van der Waals surface area contributed by atoms with E-state index < -0.39 is 0 Å². The minimum Gasteiger partial charge on any atom is -0.496 e. The first-order chi connectivity index (χ1) is 10.6. The quantitative estimate of drug-likeness (QED) is 0.545. The Labute approximate surface area is 145 Å². The third-order valence-electron chi connectivity index (χ3n) is 3.17. The molecule has 0 fully saturated rings. The van der Waals surface area contributed by atoms with Crippen LogP contribution >= 0.6 is 35.5 Å². The third kappa shape index (κ3) is 4.74. The molecule has 0 bridgehead atoms. The number of anilines is 1. The van der Waals surface area contributed by atoms with Crippen molar-refractivity contribution in [3.05, 3.63) is 52.5 Å². The van der Waals surface area contributed by atoms with Crippen LogP contribution in [0.15, 0.2) is 41.3 Å². The van der Waals surface area contributed by atoms with Crippen molar-refractivity contribution < 1.29 is 4.74 Å². The molecule has 0 atom stereocenters. The van der Waals surface area contributed by atoms with E-state index in [1.165, 1.54) is 17.5 Å². The maximum atomic E-state index is 5.97. The molecule has 0 aliphatic rings. The van der Waals surface area contributed by atoms with Gasteiger partial charge < -0.3 is 9.46 Å². The average Bonchev–Trinajstić information content (AvgIpc) is 2.52. The van der Waals surface area contributed by atoms with Gasteiger partial charge in [-0.2, -0.15) is 0 Å². The molecule has 0 aromatic heterocycles. The molecule has 6 heteroatoms. The zero-order valence-corrected chi connectivity index (χ0v) is 14.9. The largest absolute Gasteiger partial charge is 0.496 e. The number of nitrogens with one attached hydrogen (secondary N) is 1. The molecule has 0 spiro atoms. The Morgan fingerprint density at radius 3 is 2.77 bits per heavy atom. The number of rotatable bonds is 7. The highest BCUT2D eigenvalue weighted by atomic mass is 35.5. The van der Waals surface area contributed by atoms with E-state index in [2.05, 4.69) is 23.8 Å². The third-order valence-corrected chi connectivity index (χ3v) is 4.78. The predicted molar refractivity (Wildman–Crippen MR) is 99.0 cm³/mol. The van der Waals surface area contributed by atoms with Crippen molar-refractivity contribution in [1.29, 1.82) is 0 Å². The molecule has 0 amide bonds. The van der Waals surface area contributed by atoms with Crippen LogP contribution in [0.3, 0.4) is 0 Å². The van der Waals surface area contributed by atoms with Crippen molar-refractivity contribution in [3.8, 4) is 5.75 Å². The second-order valence-corrected chi connectivity index (χ2v) is 6.79. The summed E-state index contributed by atoms with van der Waals surface area (Å²) in [4.78, 5) is 1.04. The second kappa shape index (κ2) is 8.58. The Morgan fingerprint density at radius 1 is 1.23 bits per heavy atom. The number of halogens is 1. The minimum absolute atomic E-state index is 0.691. The topological polar surface area (TPSA) is 47.3 Å². The summed E-state index contributed by atoms with van der Waals surface area (Å²) in [6.07, 6.45) is 0.898. The minimum atomic E-state index is 0.691. The van der Waals surface area contributed by atoms with Gasteiger partial charge in [-0.15, -0.1) is 0 Å². The molecule has 22 heavy (non-hydrogen) atoms. The number of aryl methyl sites for hydroxylation is 2. The lowest BCUT2D eigenvalue weighted by Crippen LogP contribution is -1.98. The molecule has 0 aliphatic heterocycles. The van der Waals surface area contributed by atoms with Crippen molar-refractivity contribution >= 4 is 41.2 Å². The van der Waals surface area contributed by atoms with Crippen LogP contribution in [0.25, 0.3) is 0 Å². The van der Waals surface area contributed by atoms with Gasteiger partial charge in [-0.1, -0.05) is 35.7 Å². The second-order valence-electron chi connectivity index (χ2n) is 4.77. The molecule has 2 aromatic carbocycles. The van der Waals surface area contributed by atoms with Crippen LogP contribution in [0.5, 0.6) is 5.75 Å². The summed E-state index contributed by atoms with van der Waals surface area (Å²) >= 11 is 8.88. The number of hydrogen-bond donors (Lipinski definition) is 2. The SMILES string of the molecule is COc1cc(Cl)ccc1CCSNc1cc(C)ccc1SN. The van der Waals surface area contributed by atoms with E-state index in [1.807, 2.05) is 24.3 Å². The fourth-order valence-electron chi connectivity index (χ4n) is 2.04. The molecule has 3 nitrogen and oxygen atoms in total. The number of ether oxygens (including phenoxy) is 1. The molecule has 0 radical (unpaired) electrons. The van der Waals surface area contributed by atoms with E-state index in [1.54, 1.807) is 19.1 Å². The maximum Gasteiger partial charge on any atom is 0.123 e. The maximum absolute atomic E-state index is 5.97. The first-order valence-electron chi connectivity index (χ1n) is 6.81. The van der Waals surface area contributed by atoms with Crippen LogP contribution in [-0.2, 0) is 6.42 Å². The molecule has 118 valence electrons. The molecule has 0 unspecified atom stereocenters. The molecular weight excluding hydrogens is 336 g/mol. The zero-order chi connectivity index (χ0) is 15.9. The van der Waals surface area contributed by atoms with Crippen molar-refractivity contribution in [2.75, 3.05) is 17.6 Å². The molecule has 2 rings (SSSR count). The van der Waals surface area contributed by atoms with Crippen molar-refractivity contribution in [2.45, 2.75) is 18.2 Å². The van der Waals surface area contributed by atoms with Gasteiger partial charge in [0.15, 0.2) is 0 Å². The average molecular weight is 355 g/mol. The first-order valence-corrected chi connectivity index (χ1v) is 9.06. The first kappa shape index (κ1) is 17.3. The number of benzene rings is 2. The molecule has 2 aromatic rings. The van der Waals surface area contributed by atoms with Gasteiger partial charge in [0, 0.05) is 15.7 Å². The molecular formula is C16H19ClN2OS2. The fraction of sp³-hybridized carbons (Fsp3) is 0.250. The highest BCUT2D eigenvalue weighted by Crippen LogP contribution is 2.28. The molecule has 0 aliphatic carbocycles. The van der Waals surface area contributed by atoms with E-state index in [0.29, 0.717) is 5.02 Å². The fourth-order valence-corrected chi connectivity index (χ4v) is 3.40. The molecule has 0 saturated carbocycles. The lowest BCUT2D eigenvalue weighted by Gasteiger charge is -2.11. The zero-order valence-electron chi connectivity index (χ0n) is 12.6. The Bertz CT molecular complexity index is 638. The molecule has 3 N–H and O–H groups in total. The van der Waals surface area contributed by atoms with Gasteiger partial charge in [-0.05, 0) is 60.7 Å². The Hall–Kier alpha value is -1.01. The predicted octanol–water partition coefficient (Wildman–Crippen LogP) is 4.93. The Morgan fingerprint density at radius 2 is 2.05 bits per heavy atom. The van der Waals surface area contributed by atoms with Gasteiger partial charge in [-0.3, -0.25) is 5.14 Å². The van der Waals surface area contributed by atoms with E-state index in [0.717, 1.165) is 34.1 Å². The van der Waals surface area contributed by atoms with Crippen molar-refractivity contribution in [1.82, 2.24) is 0 Å². The van der Waals surface area contributed by atoms with E-state index in [9.17, 15) is 0 Å². The van der Waals surface area contributed by atoms with Gasteiger partial charge in [-0.25, -0.2) is 0 Å². The normalized spacial score (nSPS) is 10.5. The van der Waals surface area contributed by atoms with Crippen LogP contribution < -0.4 is 14.6 Å². The number of nitrogens with two attached hydrogens (primary N) is 1. The van der Waals surface area contributed by atoms with Gasteiger partial charge in [0.2, 0.25) is 0 Å². The van der Waals surface area contributed by atoms with Gasteiger partial charge >= 0.3 is 0 Å². The standard InChI is InChI=1S/C16H19ClN2OS2/c1-11-3-6-16(22-18)14(9-11)19-21-8-7-12-4-5-13(17)10-15(12)20-2/h3-6,9-10,19H,7-8,18H2,1-2H3. The van der Waals surface area contributed by atoms with Crippen LogP contribution in [0.4, 0.5) is 5.69 Å². The van der Waals surface area contributed by atoms with Crippen LogP contribution in [0.2, 0.25) is 5.02 Å². The van der Waals surface area contributed by atoms with Gasteiger partial charge in [0.1, 0.15) is 5.75 Å². The summed E-state index contributed by atoms with van der Waals surface area (Å²) in [5.74, 6) is 1.75. The smallest absolute Gasteiger partial charge is 0.123 e. The monoisotopic (exact) mass is 354 g/mol. The number of methoxy groups -OCH3 is 1. The van der Waals surface area contributed by atoms with Crippen molar-refractivity contribution in [2.24, 2.45) is 5.14 Å². The molecule has 0 saturated heterocycles. The summed E-state index contributed by atoms with van der Waals surface area (Å²) < 4.78 is 8.73. The summed E-state index contributed by atoms with van der Waals surface area (Å²) in [7, 11) is 1.66. The lowest BCUT2D eigenvalue weighted by atomic mass is 10.1. The summed E-state index contributed by atoms with van der Waals surface area (Å²) in [5, 5.41) is 6.38. The van der Waals surface area contributed by atoms with Crippen LogP contribution in [-0.4, -0.2) is 12.9 Å². The Kier molecular flexibility index (Phi) is 6.76. The van der Waals surface area contributed by atoms with E-state index in [4.69, 9.17) is 21.5 Å². The highest BCUT2D eigenvalue weighted by Gasteiger charge is 2.05. The van der Waals surface area contributed by atoms with Crippen molar-refractivity contribution in [3.63, 3.8) is 0 Å². The van der Waals surface area contributed by atoms with Crippen LogP contribution in [0, 0.1) is 6.92 Å². The van der Waals surface area contributed by atoms with Gasteiger partial charge in [0.25, 0.3) is 0 Å². The lowest BCUT2D eigenvalue weighted by molar-refractivity contribution is 0.410. The summed E-state index contributed by atoms with van der Waals surface area (Å²) in [6.45, 7) is 2.07. The Balaban J connectivity index is 1.91. The summed E-state index contributed by atoms with van der Waals surface area (Å²) in [5.41, 5.74) is 3.42. The van der Waals surface area contributed by atoms with Crippen LogP contribution in [0.1, 0.15) is 11.1 Å². The molecule has 0 heterocycles. The number of hydrogen-bond acceptors (Lipinski definition) is 5. The summed E-state index contributed by atoms with van der Waals surface area (Å²) in [6, 6.07) is 11.9. The van der Waals surface area contributed by atoms with E-state index in [-0.39, 0.29) is 0 Å². The highest BCUT2D eigenvalue weighted by molar-refractivity contribution is 8.00. The van der Waals surface area contributed by atoms with E-state index >= 15 is 0 Å².